The van der Waals surface area contributed by atoms with Gasteiger partial charge in [-0.15, -0.1) is 0 Å². The highest BCUT2D eigenvalue weighted by Gasteiger charge is 2.42. The molecule has 3 aromatic rings. The number of pyridine rings is 1. The fourth-order valence-corrected chi connectivity index (χ4v) is 3.70. The van der Waals surface area contributed by atoms with Crippen LogP contribution in [0.25, 0.3) is 10.9 Å². The number of nitrogens with zero attached hydrogens (tertiary/aromatic N) is 1. The molecule has 1 N–H and O–H groups in total. The predicted molar refractivity (Wildman–Crippen MR) is 88.5 cm³/mol. The van der Waals surface area contributed by atoms with Gasteiger partial charge in [0, 0.05) is 23.2 Å². The number of benzene rings is 1. The topological polar surface area (TPSA) is 37.9 Å². The number of ether oxygens (including phenoxy) is 1. The Balaban J connectivity index is 1.90. The van der Waals surface area contributed by atoms with Crippen molar-refractivity contribution in [2.24, 2.45) is 0 Å². The lowest BCUT2D eigenvalue weighted by Gasteiger charge is -2.42. The van der Waals surface area contributed by atoms with Crippen molar-refractivity contribution in [1.29, 1.82) is 0 Å². The third-order valence-corrected chi connectivity index (χ3v) is 5.09. The molecule has 1 aromatic carbocycles. The first kappa shape index (κ1) is 13.4. The van der Waals surface area contributed by atoms with Gasteiger partial charge in [0.1, 0.15) is 5.52 Å². The molecular weight excluding hydrogens is 272 g/mol. The molecule has 112 valence electrons. The fourth-order valence-electron chi connectivity index (χ4n) is 3.70. The first-order valence-electron chi connectivity index (χ1n) is 7.82. The molecule has 0 amide bonds. The third-order valence-electron chi connectivity index (χ3n) is 5.09. The van der Waals surface area contributed by atoms with Gasteiger partial charge in [0.2, 0.25) is 5.88 Å². The second-order valence-electron chi connectivity index (χ2n) is 6.25. The maximum absolute atomic E-state index is 5.38. The molecule has 3 nitrogen and oxygen atoms in total. The van der Waals surface area contributed by atoms with E-state index >= 15 is 0 Å². The average Bonchev–Trinajstić information content (AvgIpc) is 2.92. The summed E-state index contributed by atoms with van der Waals surface area (Å²) in [5.74, 6) is 0.669. The van der Waals surface area contributed by atoms with E-state index in [-0.39, 0.29) is 5.41 Å². The van der Waals surface area contributed by atoms with Gasteiger partial charge >= 0.3 is 0 Å². The second kappa shape index (κ2) is 4.87. The van der Waals surface area contributed by atoms with Crippen LogP contribution < -0.4 is 4.74 Å². The Kier molecular flexibility index (Phi) is 2.96. The standard InChI is InChI=1S/C19H20N2O/c1-13-4-6-14(7-5-13)19(9-3-10-19)16-12-21-17-15(16)8-11-20-18(17)22-2/h4-8,11-12,21H,3,9-10H2,1-2H3. The van der Waals surface area contributed by atoms with E-state index in [1.165, 1.54) is 41.3 Å². The van der Waals surface area contributed by atoms with E-state index < -0.39 is 0 Å². The number of hydrogen-bond donors (Lipinski definition) is 1. The summed E-state index contributed by atoms with van der Waals surface area (Å²) in [5.41, 5.74) is 5.24. The van der Waals surface area contributed by atoms with Crippen molar-refractivity contribution < 1.29 is 4.74 Å². The highest BCUT2D eigenvalue weighted by Crippen LogP contribution is 2.51. The lowest BCUT2D eigenvalue weighted by atomic mass is 9.60. The predicted octanol–water partition coefficient (Wildman–Crippen LogP) is 4.35. The zero-order chi connectivity index (χ0) is 15.2. The van der Waals surface area contributed by atoms with Gasteiger partial charge < -0.3 is 9.72 Å². The van der Waals surface area contributed by atoms with Gasteiger partial charge in [-0.3, -0.25) is 0 Å². The van der Waals surface area contributed by atoms with Gasteiger partial charge in [0.25, 0.3) is 0 Å². The van der Waals surface area contributed by atoms with Crippen molar-refractivity contribution in [3.05, 3.63) is 59.4 Å². The quantitative estimate of drug-likeness (QED) is 0.779. The molecular formula is C19H20N2O. The van der Waals surface area contributed by atoms with Gasteiger partial charge in [-0.05, 0) is 37.0 Å². The van der Waals surface area contributed by atoms with Crippen molar-refractivity contribution in [2.75, 3.05) is 7.11 Å². The van der Waals surface area contributed by atoms with Crippen molar-refractivity contribution in [3.8, 4) is 5.88 Å². The molecule has 4 rings (SSSR count). The van der Waals surface area contributed by atoms with Crippen LogP contribution in [0.4, 0.5) is 0 Å². The number of rotatable bonds is 3. The number of hydrogen-bond acceptors (Lipinski definition) is 2. The molecule has 0 saturated heterocycles. The number of aromatic nitrogens is 2. The van der Waals surface area contributed by atoms with E-state index in [4.69, 9.17) is 4.74 Å². The Morgan fingerprint density at radius 3 is 2.55 bits per heavy atom. The molecule has 3 heteroatoms. The summed E-state index contributed by atoms with van der Waals surface area (Å²) < 4.78 is 5.38. The summed E-state index contributed by atoms with van der Waals surface area (Å²) in [7, 11) is 1.67. The van der Waals surface area contributed by atoms with Crippen LogP contribution >= 0.6 is 0 Å². The molecule has 0 spiro atoms. The smallest absolute Gasteiger partial charge is 0.238 e. The van der Waals surface area contributed by atoms with Gasteiger partial charge in [0.15, 0.2) is 0 Å². The lowest BCUT2D eigenvalue weighted by molar-refractivity contribution is 0.304. The first-order chi connectivity index (χ1) is 10.7. The largest absolute Gasteiger partial charge is 0.479 e. The molecule has 0 bridgehead atoms. The molecule has 1 fully saturated rings. The summed E-state index contributed by atoms with van der Waals surface area (Å²) in [6.07, 6.45) is 7.66. The van der Waals surface area contributed by atoms with Crippen molar-refractivity contribution in [1.82, 2.24) is 9.97 Å². The van der Waals surface area contributed by atoms with Crippen molar-refractivity contribution >= 4 is 10.9 Å². The highest BCUT2D eigenvalue weighted by atomic mass is 16.5. The SMILES string of the molecule is COc1nccc2c(C3(c4ccc(C)cc4)CCC3)c[nH]c12. The molecule has 2 heterocycles. The van der Waals surface area contributed by atoms with Crippen molar-refractivity contribution in [2.45, 2.75) is 31.6 Å². The van der Waals surface area contributed by atoms with E-state index in [0.29, 0.717) is 5.88 Å². The minimum Gasteiger partial charge on any atom is -0.479 e. The summed E-state index contributed by atoms with van der Waals surface area (Å²) in [4.78, 5) is 7.67. The van der Waals surface area contributed by atoms with Crippen LogP contribution in [-0.4, -0.2) is 17.1 Å². The minimum absolute atomic E-state index is 0.137. The molecule has 22 heavy (non-hydrogen) atoms. The van der Waals surface area contributed by atoms with Crippen LogP contribution in [0.2, 0.25) is 0 Å². The number of aromatic amines is 1. The molecule has 1 saturated carbocycles. The monoisotopic (exact) mass is 292 g/mol. The Hall–Kier alpha value is -2.29. The average molecular weight is 292 g/mol. The van der Waals surface area contributed by atoms with E-state index in [9.17, 15) is 0 Å². The molecule has 0 aliphatic heterocycles. The van der Waals surface area contributed by atoms with Crippen LogP contribution in [0.5, 0.6) is 5.88 Å². The molecule has 2 aromatic heterocycles. The first-order valence-corrected chi connectivity index (χ1v) is 7.82. The second-order valence-corrected chi connectivity index (χ2v) is 6.25. The van der Waals surface area contributed by atoms with E-state index in [2.05, 4.69) is 53.4 Å². The highest BCUT2D eigenvalue weighted by molar-refractivity contribution is 5.88. The van der Waals surface area contributed by atoms with Crippen molar-refractivity contribution in [3.63, 3.8) is 0 Å². The zero-order valence-electron chi connectivity index (χ0n) is 13.0. The maximum atomic E-state index is 5.38. The van der Waals surface area contributed by atoms with E-state index in [0.717, 1.165) is 5.52 Å². The van der Waals surface area contributed by atoms with Gasteiger partial charge in [-0.25, -0.2) is 4.98 Å². The van der Waals surface area contributed by atoms with Crippen LogP contribution in [0.3, 0.4) is 0 Å². The van der Waals surface area contributed by atoms with E-state index in [1.807, 2.05) is 6.20 Å². The van der Waals surface area contributed by atoms with Crippen LogP contribution in [0.15, 0.2) is 42.7 Å². The van der Waals surface area contributed by atoms with Gasteiger partial charge in [-0.2, -0.15) is 0 Å². The molecule has 1 aliphatic rings. The molecule has 0 atom stereocenters. The fraction of sp³-hybridized carbons (Fsp3) is 0.316. The summed E-state index contributed by atoms with van der Waals surface area (Å²) in [6, 6.07) is 11.1. The Morgan fingerprint density at radius 2 is 1.91 bits per heavy atom. The third kappa shape index (κ3) is 1.78. The Labute approximate surface area is 130 Å². The normalized spacial score (nSPS) is 16.5. The summed E-state index contributed by atoms with van der Waals surface area (Å²) in [5, 5.41) is 1.23. The molecule has 0 radical (unpaired) electrons. The van der Waals surface area contributed by atoms with Crippen LogP contribution in [-0.2, 0) is 5.41 Å². The van der Waals surface area contributed by atoms with Crippen LogP contribution in [0.1, 0.15) is 36.0 Å². The Bertz CT molecular complexity index is 813. The molecule has 1 aliphatic carbocycles. The number of methoxy groups -OCH3 is 1. The van der Waals surface area contributed by atoms with Gasteiger partial charge in [-0.1, -0.05) is 36.2 Å². The van der Waals surface area contributed by atoms with Gasteiger partial charge in [0.05, 0.1) is 7.11 Å². The number of nitrogens with one attached hydrogen (secondary N) is 1. The lowest BCUT2D eigenvalue weighted by Crippen LogP contribution is -2.35. The summed E-state index contributed by atoms with van der Waals surface area (Å²) in [6.45, 7) is 2.14. The van der Waals surface area contributed by atoms with Crippen LogP contribution in [0, 0.1) is 6.92 Å². The zero-order valence-corrected chi connectivity index (χ0v) is 13.0. The van der Waals surface area contributed by atoms with E-state index in [1.54, 1.807) is 7.11 Å². The number of H-pyrrole nitrogens is 1. The number of fused-ring (bicyclic) bond motifs is 1. The summed E-state index contributed by atoms with van der Waals surface area (Å²) >= 11 is 0. The minimum atomic E-state index is 0.137. The maximum Gasteiger partial charge on any atom is 0.238 e. The number of aryl methyl sites for hydroxylation is 1. The molecule has 0 unspecified atom stereocenters. The Morgan fingerprint density at radius 1 is 1.14 bits per heavy atom.